The number of likely N-dealkylation sites (tertiary alicyclic amines) is 1. The Labute approximate surface area is 156 Å². The smallest absolute Gasteiger partial charge is 0.227 e. The molecule has 1 N–H and O–H groups in total. The van der Waals surface area contributed by atoms with E-state index in [9.17, 15) is 4.79 Å². The summed E-state index contributed by atoms with van der Waals surface area (Å²) in [5.74, 6) is 2.99. The van der Waals surface area contributed by atoms with Crippen molar-refractivity contribution in [2.45, 2.75) is 45.1 Å². The summed E-state index contributed by atoms with van der Waals surface area (Å²) in [5.41, 5.74) is 2.24. The molecule has 2 unspecified atom stereocenters. The number of amides is 1. The van der Waals surface area contributed by atoms with Gasteiger partial charge in [0.2, 0.25) is 5.91 Å². The third-order valence-corrected chi connectivity index (χ3v) is 6.26. The topological polar surface area (TPSA) is 47.9 Å². The van der Waals surface area contributed by atoms with Crippen LogP contribution in [0, 0.1) is 11.8 Å². The molecule has 0 bridgehead atoms. The second kappa shape index (κ2) is 7.68. The SMILES string of the molecule is CN=C(NCc1ccc(N2CCCC2=O)cc1)N1CC2CCCCC2C1. The van der Waals surface area contributed by atoms with Crippen molar-refractivity contribution in [3.63, 3.8) is 0 Å². The van der Waals surface area contributed by atoms with Gasteiger partial charge in [-0.1, -0.05) is 25.0 Å². The number of benzene rings is 1. The third kappa shape index (κ3) is 3.57. The minimum Gasteiger partial charge on any atom is -0.352 e. The first-order chi connectivity index (χ1) is 12.7. The van der Waals surface area contributed by atoms with Crippen LogP contribution in [0.5, 0.6) is 0 Å². The molecular formula is C21H30N4O. The Kier molecular flexibility index (Phi) is 5.14. The zero-order chi connectivity index (χ0) is 17.9. The average molecular weight is 354 g/mol. The first-order valence-corrected chi connectivity index (χ1v) is 10.1. The van der Waals surface area contributed by atoms with Crippen LogP contribution >= 0.6 is 0 Å². The van der Waals surface area contributed by atoms with E-state index in [4.69, 9.17) is 0 Å². The number of hydrogen-bond donors (Lipinski definition) is 1. The molecule has 2 atom stereocenters. The Balaban J connectivity index is 1.33. The molecule has 0 aromatic heterocycles. The van der Waals surface area contributed by atoms with Crippen LogP contribution < -0.4 is 10.2 Å². The van der Waals surface area contributed by atoms with Gasteiger partial charge in [0, 0.05) is 45.3 Å². The lowest BCUT2D eigenvalue weighted by Crippen LogP contribution is -2.39. The third-order valence-electron chi connectivity index (χ3n) is 6.26. The molecule has 3 aliphatic rings. The lowest BCUT2D eigenvalue weighted by molar-refractivity contribution is -0.117. The highest BCUT2D eigenvalue weighted by molar-refractivity contribution is 5.95. The molecular weight excluding hydrogens is 324 g/mol. The van der Waals surface area contributed by atoms with Crippen molar-refractivity contribution in [3.05, 3.63) is 29.8 Å². The summed E-state index contributed by atoms with van der Waals surface area (Å²) in [4.78, 5) is 20.7. The fourth-order valence-corrected chi connectivity index (χ4v) is 4.81. The highest BCUT2D eigenvalue weighted by Gasteiger charge is 2.35. The molecule has 140 valence electrons. The van der Waals surface area contributed by atoms with Crippen molar-refractivity contribution in [1.29, 1.82) is 0 Å². The van der Waals surface area contributed by atoms with Gasteiger partial charge < -0.3 is 15.1 Å². The van der Waals surface area contributed by atoms with Crippen molar-refractivity contribution in [2.24, 2.45) is 16.8 Å². The van der Waals surface area contributed by atoms with Crippen LogP contribution in [0.2, 0.25) is 0 Å². The van der Waals surface area contributed by atoms with E-state index in [1.807, 2.05) is 11.9 Å². The highest BCUT2D eigenvalue weighted by atomic mass is 16.2. The predicted octanol–water partition coefficient (Wildman–Crippen LogP) is 3.01. The number of carbonyl (C=O) groups is 1. The number of guanidine groups is 1. The van der Waals surface area contributed by atoms with E-state index in [1.54, 1.807) is 0 Å². The van der Waals surface area contributed by atoms with E-state index >= 15 is 0 Å². The molecule has 5 heteroatoms. The monoisotopic (exact) mass is 354 g/mol. The van der Waals surface area contributed by atoms with E-state index in [0.29, 0.717) is 6.42 Å². The summed E-state index contributed by atoms with van der Waals surface area (Å²) < 4.78 is 0. The van der Waals surface area contributed by atoms with Gasteiger partial charge in [-0.25, -0.2) is 0 Å². The molecule has 0 radical (unpaired) electrons. The molecule has 1 aromatic carbocycles. The normalized spacial score (nSPS) is 26.3. The van der Waals surface area contributed by atoms with Crippen LogP contribution in [0.3, 0.4) is 0 Å². The second-order valence-electron chi connectivity index (χ2n) is 7.93. The summed E-state index contributed by atoms with van der Waals surface area (Å²) in [7, 11) is 1.88. The molecule has 2 heterocycles. The van der Waals surface area contributed by atoms with Gasteiger partial charge >= 0.3 is 0 Å². The van der Waals surface area contributed by atoms with Crippen molar-refractivity contribution >= 4 is 17.6 Å². The van der Waals surface area contributed by atoms with Crippen LogP contribution in [0.15, 0.2) is 29.3 Å². The fourth-order valence-electron chi connectivity index (χ4n) is 4.81. The Bertz CT molecular complexity index is 655. The van der Waals surface area contributed by atoms with Crippen molar-refractivity contribution in [1.82, 2.24) is 10.2 Å². The van der Waals surface area contributed by atoms with E-state index in [1.165, 1.54) is 31.2 Å². The molecule has 1 saturated carbocycles. The minimum atomic E-state index is 0.242. The Morgan fingerprint density at radius 3 is 2.38 bits per heavy atom. The quantitative estimate of drug-likeness (QED) is 0.670. The Morgan fingerprint density at radius 2 is 1.81 bits per heavy atom. The number of nitrogens with one attached hydrogen (secondary N) is 1. The second-order valence-corrected chi connectivity index (χ2v) is 7.93. The molecule has 0 spiro atoms. The lowest BCUT2D eigenvalue weighted by atomic mass is 9.82. The minimum absolute atomic E-state index is 0.242. The molecule has 2 saturated heterocycles. The van der Waals surface area contributed by atoms with Gasteiger partial charge in [0.15, 0.2) is 5.96 Å². The van der Waals surface area contributed by atoms with Crippen LogP contribution in [-0.2, 0) is 11.3 Å². The van der Waals surface area contributed by atoms with E-state index in [-0.39, 0.29) is 5.91 Å². The summed E-state index contributed by atoms with van der Waals surface area (Å²) in [6, 6.07) is 8.36. The first-order valence-electron chi connectivity index (χ1n) is 10.1. The average Bonchev–Trinajstić information content (AvgIpc) is 3.29. The molecule has 5 nitrogen and oxygen atoms in total. The van der Waals surface area contributed by atoms with Gasteiger partial charge in [0.25, 0.3) is 0 Å². The van der Waals surface area contributed by atoms with E-state index in [2.05, 4.69) is 39.5 Å². The van der Waals surface area contributed by atoms with Crippen LogP contribution in [0.1, 0.15) is 44.1 Å². The number of rotatable bonds is 3. The summed E-state index contributed by atoms with van der Waals surface area (Å²) in [6.07, 6.45) is 7.21. The molecule has 1 amide bonds. The maximum atomic E-state index is 11.9. The molecule has 3 fully saturated rings. The van der Waals surface area contributed by atoms with Gasteiger partial charge in [0.05, 0.1) is 0 Å². The van der Waals surface area contributed by atoms with Gasteiger partial charge in [-0.15, -0.1) is 0 Å². The summed E-state index contributed by atoms with van der Waals surface area (Å²) in [5, 5.41) is 3.53. The fraction of sp³-hybridized carbons (Fsp3) is 0.619. The maximum Gasteiger partial charge on any atom is 0.227 e. The van der Waals surface area contributed by atoms with Crippen LogP contribution in [-0.4, -0.2) is 43.4 Å². The van der Waals surface area contributed by atoms with Crippen molar-refractivity contribution in [2.75, 3.05) is 31.6 Å². The highest BCUT2D eigenvalue weighted by Crippen LogP contribution is 2.36. The van der Waals surface area contributed by atoms with E-state index in [0.717, 1.165) is 56.1 Å². The molecule has 1 aliphatic carbocycles. The number of anilines is 1. The standard InChI is InChI=1S/C21H30N4O/c1-22-21(24-14-17-5-2-3-6-18(17)15-24)23-13-16-8-10-19(11-9-16)25-12-4-7-20(25)26/h8-11,17-18H,2-7,12-15H2,1H3,(H,22,23). The van der Waals surface area contributed by atoms with Crippen molar-refractivity contribution < 1.29 is 4.79 Å². The predicted molar refractivity (Wildman–Crippen MR) is 105 cm³/mol. The number of hydrogen-bond acceptors (Lipinski definition) is 2. The van der Waals surface area contributed by atoms with Crippen LogP contribution in [0.25, 0.3) is 0 Å². The van der Waals surface area contributed by atoms with Gasteiger partial charge in [-0.05, 0) is 48.8 Å². The zero-order valence-electron chi connectivity index (χ0n) is 15.8. The Hall–Kier alpha value is -2.04. The molecule has 2 aliphatic heterocycles. The lowest BCUT2D eigenvalue weighted by Gasteiger charge is -2.22. The first kappa shape index (κ1) is 17.4. The van der Waals surface area contributed by atoms with Crippen LogP contribution in [0.4, 0.5) is 5.69 Å². The van der Waals surface area contributed by atoms with Gasteiger partial charge in [0.1, 0.15) is 0 Å². The molecule has 26 heavy (non-hydrogen) atoms. The summed E-state index contributed by atoms with van der Waals surface area (Å²) >= 11 is 0. The molecule has 4 rings (SSSR count). The van der Waals surface area contributed by atoms with Gasteiger partial charge in [-0.2, -0.15) is 0 Å². The number of aliphatic imine (C=N–C) groups is 1. The number of nitrogens with zero attached hydrogens (tertiary/aromatic N) is 3. The molecule has 1 aromatic rings. The van der Waals surface area contributed by atoms with E-state index < -0.39 is 0 Å². The number of carbonyl (C=O) groups excluding carboxylic acids is 1. The number of fused-ring (bicyclic) bond motifs is 1. The maximum absolute atomic E-state index is 11.9. The summed E-state index contributed by atoms with van der Waals surface area (Å²) in [6.45, 7) is 3.92. The van der Waals surface area contributed by atoms with Gasteiger partial charge in [-0.3, -0.25) is 9.79 Å². The largest absolute Gasteiger partial charge is 0.352 e. The van der Waals surface area contributed by atoms with Crippen molar-refractivity contribution in [3.8, 4) is 0 Å². The Morgan fingerprint density at radius 1 is 1.12 bits per heavy atom. The zero-order valence-corrected chi connectivity index (χ0v) is 15.8.